The van der Waals surface area contributed by atoms with Crippen molar-refractivity contribution in [3.63, 3.8) is 0 Å². The first kappa shape index (κ1) is 22.2. The van der Waals surface area contributed by atoms with E-state index in [2.05, 4.69) is 10.3 Å². The van der Waals surface area contributed by atoms with E-state index in [1.54, 1.807) is 59.9 Å². The molecule has 1 atom stereocenters. The number of hydrogen-bond acceptors (Lipinski definition) is 7. The van der Waals surface area contributed by atoms with Crippen LogP contribution in [0.1, 0.15) is 45.3 Å². The molecule has 1 unspecified atom stereocenters. The number of hydrogen-bond donors (Lipinski definition) is 1. The number of Topliss-reactive ketones (excluding diaryl/α,β-unsaturated/α-hetero) is 1. The first-order valence-corrected chi connectivity index (χ1v) is 10.5. The number of nitrogens with one attached hydrogen (secondary N) is 1. The molecular formula is C23H22N2O5S. The summed E-state index contributed by atoms with van der Waals surface area (Å²) in [7, 11) is 0. The highest BCUT2D eigenvalue weighted by Crippen LogP contribution is 2.18. The van der Waals surface area contributed by atoms with Crippen molar-refractivity contribution in [1.82, 2.24) is 4.98 Å². The van der Waals surface area contributed by atoms with Crippen molar-refractivity contribution in [2.24, 2.45) is 0 Å². The number of thiazole rings is 1. The predicted octanol–water partition coefficient (Wildman–Crippen LogP) is 4.42. The topological polar surface area (TPSA) is 94.6 Å². The highest BCUT2D eigenvalue weighted by Gasteiger charge is 2.20. The molecule has 1 heterocycles. The fraction of sp³-hybridized carbons (Fsp3) is 0.217. The zero-order valence-corrected chi connectivity index (χ0v) is 18.2. The van der Waals surface area contributed by atoms with Gasteiger partial charge in [-0.25, -0.2) is 9.78 Å². The number of ether oxygens (including phenoxy) is 2. The third-order valence-electron chi connectivity index (χ3n) is 4.36. The Bertz CT molecular complexity index is 1090. The van der Waals surface area contributed by atoms with Crippen molar-refractivity contribution in [3.05, 3.63) is 75.7 Å². The van der Waals surface area contributed by atoms with Crippen LogP contribution in [-0.2, 0) is 16.1 Å². The summed E-state index contributed by atoms with van der Waals surface area (Å²) < 4.78 is 10.9. The minimum atomic E-state index is -1.05. The van der Waals surface area contributed by atoms with Crippen molar-refractivity contribution < 1.29 is 23.9 Å². The molecule has 3 rings (SSSR count). The maximum absolute atomic E-state index is 12.4. The van der Waals surface area contributed by atoms with Gasteiger partial charge in [-0.1, -0.05) is 12.1 Å². The van der Waals surface area contributed by atoms with Crippen molar-refractivity contribution >= 4 is 34.7 Å². The molecule has 0 saturated carbocycles. The van der Waals surface area contributed by atoms with Gasteiger partial charge < -0.3 is 14.8 Å². The maximum Gasteiger partial charge on any atom is 0.338 e. The highest BCUT2D eigenvalue weighted by molar-refractivity contribution is 7.09. The molecule has 0 radical (unpaired) electrons. The van der Waals surface area contributed by atoms with Gasteiger partial charge in [-0.2, -0.15) is 0 Å². The second-order valence-corrected chi connectivity index (χ2v) is 7.87. The van der Waals surface area contributed by atoms with Crippen molar-refractivity contribution in [1.29, 1.82) is 0 Å². The highest BCUT2D eigenvalue weighted by atomic mass is 32.1. The van der Waals surface area contributed by atoms with Gasteiger partial charge in [0.25, 0.3) is 5.91 Å². The Balaban J connectivity index is 1.55. The zero-order chi connectivity index (χ0) is 22.4. The number of para-hydroxylation sites is 1. The van der Waals surface area contributed by atoms with Crippen LogP contribution in [0.3, 0.4) is 0 Å². The fourth-order valence-electron chi connectivity index (χ4n) is 2.73. The molecule has 0 aliphatic carbocycles. The Morgan fingerprint density at radius 2 is 1.81 bits per heavy atom. The van der Waals surface area contributed by atoms with E-state index < -0.39 is 18.0 Å². The molecule has 0 aliphatic heterocycles. The number of esters is 1. The standard InChI is InChI=1S/C23H22N2O5S/c1-14(26)20-6-4-5-7-21(20)25-22(27)15(2)30-23(28)17-8-10-19(11-9-17)29-12-18-13-31-16(3)24-18/h4-11,13,15H,12H2,1-3H3,(H,25,27). The monoisotopic (exact) mass is 438 g/mol. The van der Waals surface area contributed by atoms with Crippen LogP contribution in [0.4, 0.5) is 5.69 Å². The predicted molar refractivity (Wildman–Crippen MR) is 118 cm³/mol. The Hall–Kier alpha value is -3.52. The first-order chi connectivity index (χ1) is 14.8. The van der Waals surface area contributed by atoms with Crippen LogP contribution in [0.25, 0.3) is 0 Å². The molecule has 0 bridgehead atoms. The van der Waals surface area contributed by atoms with Gasteiger partial charge in [0, 0.05) is 10.9 Å². The number of carbonyl (C=O) groups excluding carboxylic acids is 3. The summed E-state index contributed by atoms with van der Waals surface area (Å²) in [5.74, 6) is -0.744. The average molecular weight is 439 g/mol. The maximum atomic E-state index is 12.4. The molecule has 0 spiro atoms. The van der Waals surface area contributed by atoms with E-state index in [1.165, 1.54) is 13.8 Å². The number of amides is 1. The zero-order valence-electron chi connectivity index (χ0n) is 17.4. The Kier molecular flexibility index (Phi) is 7.15. The lowest BCUT2D eigenvalue weighted by Crippen LogP contribution is -2.30. The van der Waals surface area contributed by atoms with Gasteiger partial charge in [0.05, 0.1) is 22.0 Å². The lowest BCUT2D eigenvalue weighted by Gasteiger charge is -2.15. The summed E-state index contributed by atoms with van der Waals surface area (Å²) in [6.45, 7) is 5.15. The van der Waals surface area contributed by atoms with E-state index in [9.17, 15) is 14.4 Å². The molecule has 2 aromatic carbocycles. The number of anilines is 1. The number of carbonyl (C=O) groups is 3. The Morgan fingerprint density at radius 3 is 2.45 bits per heavy atom. The van der Waals surface area contributed by atoms with Gasteiger partial charge in [0.1, 0.15) is 12.4 Å². The van der Waals surface area contributed by atoms with Crippen molar-refractivity contribution in [3.8, 4) is 5.75 Å². The van der Waals surface area contributed by atoms with Crippen LogP contribution in [0.5, 0.6) is 5.75 Å². The molecule has 1 aromatic heterocycles. The van der Waals surface area contributed by atoms with E-state index in [4.69, 9.17) is 9.47 Å². The largest absolute Gasteiger partial charge is 0.487 e. The molecule has 160 valence electrons. The number of rotatable bonds is 8. The van der Waals surface area contributed by atoms with Gasteiger partial charge in [-0.15, -0.1) is 11.3 Å². The molecule has 0 fully saturated rings. The van der Waals surface area contributed by atoms with Crippen LogP contribution in [-0.4, -0.2) is 28.7 Å². The number of aryl methyl sites for hydroxylation is 1. The minimum Gasteiger partial charge on any atom is -0.487 e. The summed E-state index contributed by atoms with van der Waals surface area (Å²) in [5.41, 5.74) is 1.90. The number of aromatic nitrogens is 1. The molecule has 0 saturated heterocycles. The number of benzene rings is 2. The SMILES string of the molecule is CC(=O)c1ccccc1NC(=O)C(C)OC(=O)c1ccc(OCc2csc(C)n2)cc1. The van der Waals surface area contributed by atoms with Gasteiger partial charge in [-0.05, 0) is 57.2 Å². The third-order valence-corrected chi connectivity index (χ3v) is 5.18. The lowest BCUT2D eigenvalue weighted by molar-refractivity contribution is -0.123. The van der Waals surface area contributed by atoms with Gasteiger partial charge in [0.15, 0.2) is 11.9 Å². The summed E-state index contributed by atoms with van der Waals surface area (Å²) in [6, 6.07) is 13.1. The normalized spacial score (nSPS) is 11.5. The minimum absolute atomic E-state index is 0.173. The molecule has 1 amide bonds. The van der Waals surface area contributed by atoms with Crippen LogP contribution >= 0.6 is 11.3 Å². The first-order valence-electron chi connectivity index (χ1n) is 9.59. The summed E-state index contributed by atoms with van der Waals surface area (Å²) >= 11 is 1.55. The molecule has 1 N–H and O–H groups in total. The van der Waals surface area contributed by atoms with E-state index in [0.717, 1.165) is 10.7 Å². The Labute approximate surface area is 184 Å². The van der Waals surface area contributed by atoms with E-state index in [-0.39, 0.29) is 5.78 Å². The van der Waals surface area contributed by atoms with Crippen LogP contribution in [0, 0.1) is 6.92 Å². The molecule has 31 heavy (non-hydrogen) atoms. The van der Waals surface area contributed by atoms with E-state index in [0.29, 0.717) is 29.2 Å². The van der Waals surface area contributed by atoms with Crippen LogP contribution in [0.15, 0.2) is 53.9 Å². The summed E-state index contributed by atoms with van der Waals surface area (Å²) in [6.07, 6.45) is -1.05. The summed E-state index contributed by atoms with van der Waals surface area (Å²) in [5, 5.41) is 5.53. The van der Waals surface area contributed by atoms with Crippen LogP contribution < -0.4 is 10.1 Å². The van der Waals surface area contributed by atoms with Crippen LogP contribution in [0.2, 0.25) is 0 Å². The van der Waals surface area contributed by atoms with E-state index >= 15 is 0 Å². The van der Waals surface area contributed by atoms with Gasteiger partial charge >= 0.3 is 5.97 Å². The average Bonchev–Trinajstić information content (AvgIpc) is 3.17. The smallest absolute Gasteiger partial charge is 0.338 e. The van der Waals surface area contributed by atoms with Crippen molar-refractivity contribution in [2.45, 2.75) is 33.5 Å². The molecule has 8 heteroatoms. The third kappa shape index (κ3) is 5.99. The molecule has 3 aromatic rings. The lowest BCUT2D eigenvalue weighted by atomic mass is 10.1. The summed E-state index contributed by atoms with van der Waals surface area (Å²) in [4.78, 5) is 40.8. The van der Waals surface area contributed by atoms with E-state index in [1.807, 2.05) is 12.3 Å². The Morgan fingerprint density at radius 1 is 1.10 bits per heavy atom. The molecule has 7 nitrogen and oxygen atoms in total. The number of ketones is 1. The van der Waals surface area contributed by atoms with Crippen molar-refractivity contribution in [2.75, 3.05) is 5.32 Å². The van der Waals surface area contributed by atoms with Gasteiger partial charge in [0.2, 0.25) is 0 Å². The quantitative estimate of drug-likeness (QED) is 0.413. The second kappa shape index (κ2) is 9.99. The fourth-order valence-corrected chi connectivity index (χ4v) is 3.33. The number of nitrogens with zero attached hydrogens (tertiary/aromatic N) is 1. The van der Waals surface area contributed by atoms with Gasteiger partial charge in [-0.3, -0.25) is 9.59 Å². The molecule has 0 aliphatic rings. The molecular weight excluding hydrogens is 416 g/mol. The second-order valence-electron chi connectivity index (χ2n) is 6.81.